The van der Waals surface area contributed by atoms with Crippen molar-refractivity contribution < 1.29 is 14.3 Å². The van der Waals surface area contributed by atoms with Crippen LogP contribution in [0.3, 0.4) is 0 Å². The van der Waals surface area contributed by atoms with Crippen molar-refractivity contribution in [3.05, 3.63) is 107 Å². The molecule has 4 aromatic carbocycles. The fourth-order valence-electron chi connectivity index (χ4n) is 3.16. The van der Waals surface area contributed by atoms with Gasteiger partial charge in [-0.2, -0.15) is 5.10 Å². The Bertz CT molecular complexity index is 1240. The van der Waals surface area contributed by atoms with Gasteiger partial charge in [-0.05, 0) is 35.2 Å². The average Bonchev–Trinajstić information content (AvgIpc) is 2.83. The summed E-state index contributed by atoms with van der Waals surface area (Å²) < 4.78 is 12.5. The summed E-state index contributed by atoms with van der Waals surface area (Å²) in [6, 6.07) is 29.2. The van der Waals surface area contributed by atoms with E-state index in [1.807, 2.05) is 91.0 Å². The molecule has 0 bridgehead atoms. The normalized spacial score (nSPS) is 10.9. The molecule has 0 aliphatic rings. The number of nitrogens with one attached hydrogen (secondary N) is 1. The number of nitrogens with zero attached hydrogens (tertiary/aromatic N) is 1. The Kier molecular flexibility index (Phi) is 7.15. The van der Waals surface area contributed by atoms with Crippen LogP contribution in [-0.2, 0) is 11.4 Å². The Morgan fingerprint density at radius 2 is 1.66 bits per heavy atom. The molecule has 6 heteroatoms. The highest BCUT2D eigenvalue weighted by Gasteiger charge is 2.06. The van der Waals surface area contributed by atoms with Gasteiger partial charge in [-0.15, -0.1) is 0 Å². The maximum atomic E-state index is 12.2. The van der Waals surface area contributed by atoms with Gasteiger partial charge in [0.2, 0.25) is 0 Å². The molecular weight excluding hydrogens is 468 g/mol. The highest BCUT2D eigenvalue weighted by atomic mass is 79.9. The smallest absolute Gasteiger partial charge is 0.277 e. The van der Waals surface area contributed by atoms with E-state index in [9.17, 15) is 4.79 Å². The van der Waals surface area contributed by atoms with Crippen LogP contribution >= 0.6 is 15.9 Å². The summed E-state index contributed by atoms with van der Waals surface area (Å²) in [4.78, 5) is 12.2. The zero-order valence-corrected chi connectivity index (χ0v) is 18.8. The molecule has 0 heterocycles. The quantitative estimate of drug-likeness (QED) is 0.255. The summed E-state index contributed by atoms with van der Waals surface area (Å²) >= 11 is 3.46. The van der Waals surface area contributed by atoms with E-state index in [-0.39, 0.29) is 12.5 Å². The number of carbonyl (C=O) groups is 1. The second kappa shape index (κ2) is 10.6. The van der Waals surface area contributed by atoms with E-state index in [4.69, 9.17) is 9.47 Å². The van der Waals surface area contributed by atoms with E-state index in [1.165, 1.54) is 0 Å². The van der Waals surface area contributed by atoms with Crippen molar-refractivity contribution in [2.45, 2.75) is 6.61 Å². The van der Waals surface area contributed by atoms with Crippen molar-refractivity contribution in [1.29, 1.82) is 0 Å². The molecule has 0 unspecified atom stereocenters. The van der Waals surface area contributed by atoms with Crippen molar-refractivity contribution in [3.63, 3.8) is 0 Å². The van der Waals surface area contributed by atoms with Gasteiger partial charge in [0.15, 0.2) is 6.61 Å². The molecule has 0 aliphatic carbocycles. The number of benzene rings is 4. The Balaban J connectivity index is 1.35. The van der Waals surface area contributed by atoms with E-state index in [1.54, 1.807) is 6.21 Å². The summed E-state index contributed by atoms with van der Waals surface area (Å²) in [6.07, 6.45) is 1.56. The van der Waals surface area contributed by atoms with Gasteiger partial charge < -0.3 is 9.47 Å². The lowest BCUT2D eigenvalue weighted by molar-refractivity contribution is -0.123. The van der Waals surface area contributed by atoms with Crippen molar-refractivity contribution in [2.24, 2.45) is 5.10 Å². The number of ether oxygens (including phenoxy) is 2. The Morgan fingerprint density at radius 3 is 2.53 bits per heavy atom. The van der Waals surface area contributed by atoms with Gasteiger partial charge in [0, 0.05) is 15.4 Å². The van der Waals surface area contributed by atoms with E-state index >= 15 is 0 Å². The Labute approximate surface area is 194 Å². The summed E-state index contributed by atoms with van der Waals surface area (Å²) in [6.45, 7) is 0.301. The third-order valence-electron chi connectivity index (χ3n) is 4.71. The molecule has 0 atom stereocenters. The molecule has 0 aliphatic heterocycles. The van der Waals surface area contributed by atoms with Crippen molar-refractivity contribution in [1.82, 2.24) is 5.43 Å². The first-order chi connectivity index (χ1) is 15.7. The number of hydrogen-bond donors (Lipinski definition) is 1. The summed E-state index contributed by atoms with van der Waals surface area (Å²) in [7, 11) is 0. The molecule has 0 saturated carbocycles. The first-order valence-electron chi connectivity index (χ1n) is 10.1. The van der Waals surface area contributed by atoms with Crippen LogP contribution in [0.2, 0.25) is 0 Å². The molecule has 4 aromatic rings. The van der Waals surface area contributed by atoms with E-state index in [0.29, 0.717) is 18.1 Å². The van der Waals surface area contributed by atoms with Crippen molar-refractivity contribution in [2.75, 3.05) is 6.61 Å². The molecule has 0 fully saturated rings. The molecule has 1 amide bonds. The highest BCUT2D eigenvalue weighted by Crippen LogP contribution is 2.25. The zero-order valence-electron chi connectivity index (χ0n) is 17.2. The minimum atomic E-state index is -0.351. The molecular formula is C26H21BrN2O3. The summed E-state index contributed by atoms with van der Waals surface area (Å²) in [5, 5.41) is 6.08. The Morgan fingerprint density at radius 1 is 0.875 bits per heavy atom. The van der Waals surface area contributed by atoms with Gasteiger partial charge in [0.25, 0.3) is 5.91 Å². The van der Waals surface area contributed by atoms with Crippen molar-refractivity contribution >= 4 is 38.8 Å². The predicted molar refractivity (Wildman–Crippen MR) is 130 cm³/mol. The number of hydrogen-bond acceptors (Lipinski definition) is 4. The third kappa shape index (κ3) is 5.74. The lowest BCUT2D eigenvalue weighted by atomic mass is 10.1. The Hall–Kier alpha value is -3.64. The first kappa shape index (κ1) is 21.6. The second-order valence-electron chi connectivity index (χ2n) is 7.02. The van der Waals surface area contributed by atoms with Crippen LogP contribution < -0.4 is 14.9 Å². The fraction of sp³-hybridized carbons (Fsp3) is 0.0769. The molecule has 32 heavy (non-hydrogen) atoms. The molecule has 4 rings (SSSR count). The van der Waals surface area contributed by atoms with Crippen LogP contribution in [-0.4, -0.2) is 18.7 Å². The molecule has 160 valence electrons. The van der Waals surface area contributed by atoms with Crippen LogP contribution in [0.4, 0.5) is 0 Å². The molecule has 0 spiro atoms. The molecule has 0 saturated heterocycles. The number of amides is 1. The maximum Gasteiger partial charge on any atom is 0.277 e. The average molecular weight is 489 g/mol. The van der Waals surface area contributed by atoms with E-state index in [0.717, 1.165) is 26.4 Å². The SMILES string of the molecule is O=C(COc1cccc2ccccc12)N/N=C/c1cc(Br)ccc1OCc1ccccc1. The standard InChI is InChI=1S/C26H21BrN2O3/c27-22-13-14-24(31-17-19-7-2-1-3-8-19)21(15-22)16-28-29-26(30)18-32-25-12-6-10-20-9-4-5-11-23(20)25/h1-16H,17-18H2,(H,29,30)/b28-16+. The monoisotopic (exact) mass is 488 g/mol. The number of fused-ring (bicyclic) bond motifs is 1. The lowest BCUT2D eigenvalue weighted by Gasteiger charge is -2.10. The highest BCUT2D eigenvalue weighted by molar-refractivity contribution is 9.10. The minimum absolute atomic E-state index is 0.138. The van der Waals surface area contributed by atoms with Crippen LogP contribution in [0, 0.1) is 0 Å². The van der Waals surface area contributed by atoms with Gasteiger partial charge in [-0.1, -0.05) is 82.7 Å². The maximum absolute atomic E-state index is 12.2. The van der Waals surface area contributed by atoms with Gasteiger partial charge in [0.1, 0.15) is 18.1 Å². The van der Waals surface area contributed by atoms with Crippen molar-refractivity contribution in [3.8, 4) is 11.5 Å². The van der Waals surface area contributed by atoms with Gasteiger partial charge >= 0.3 is 0 Å². The van der Waals surface area contributed by atoms with Gasteiger partial charge in [-0.25, -0.2) is 5.43 Å². The molecule has 5 nitrogen and oxygen atoms in total. The summed E-state index contributed by atoms with van der Waals surface area (Å²) in [5.41, 5.74) is 4.31. The predicted octanol–water partition coefficient (Wildman–Crippen LogP) is 5.71. The minimum Gasteiger partial charge on any atom is -0.488 e. The van der Waals surface area contributed by atoms with Crippen LogP contribution in [0.25, 0.3) is 10.8 Å². The lowest BCUT2D eigenvalue weighted by Crippen LogP contribution is -2.24. The van der Waals surface area contributed by atoms with E-state index < -0.39 is 0 Å². The summed E-state index contributed by atoms with van der Waals surface area (Å²) in [5.74, 6) is 0.976. The van der Waals surface area contributed by atoms with Crippen LogP contribution in [0.15, 0.2) is 101 Å². The molecule has 0 aromatic heterocycles. The number of hydrazone groups is 1. The van der Waals surface area contributed by atoms with Gasteiger partial charge in [0.05, 0.1) is 6.21 Å². The van der Waals surface area contributed by atoms with Crippen LogP contribution in [0.1, 0.15) is 11.1 Å². The third-order valence-corrected chi connectivity index (χ3v) is 5.20. The number of halogens is 1. The van der Waals surface area contributed by atoms with E-state index in [2.05, 4.69) is 26.5 Å². The van der Waals surface area contributed by atoms with Crippen LogP contribution in [0.5, 0.6) is 11.5 Å². The number of rotatable bonds is 8. The second-order valence-corrected chi connectivity index (χ2v) is 7.93. The fourth-order valence-corrected chi connectivity index (χ4v) is 3.54. The molecule has 1 N–H and O–H groups in total. The topological polar surface area (TPSA) is 59.9 Å². The number of carbonyl (C=O) groups excluding carboxylic acids is 1. The van der Waals surface area contributed by atoms with Gasteiger partial charge in [-0.3, -0.25) is 4.79 Å². The zero-order chi connectivity index (χ0) is 22.2. The largest absolute Gasteiger partial charge is 0.488 e. The first-order valence-corrected chi connectivity index (χ1v) is 10.9. The molecule has 0 radical (unpaired) electrons.